The predicted octanol–water partition coefficient (Wildman–Crippen LogP) is 2.82. The molecule has 5 nitrogen and oxygen atoms in total. The fourth-order valence-corrected chi connectivity index (χ4v) is 3.54. The van der Waals surface area contributed by atoms with E-state index >= 15 is 0 Å². The van der Waals surface area contributed by atoms with Gasteiger partial charge >= 0.3 is 5.97 Å². The number of aliphatic carboxylic acids is 1. The van der Waals surface area contributed by atoms with Crippen molar-refractivity contribution in [3.05, 3.63) is 16.1 Å². The van der Waals surface area contributed by atoms with Crippen molar-refractivity contribution in [1.82, 2.24) is 0 Å². The molecule has 108 valence electrons. The number of rotatable bonds is 2. The van der Waals surface area contributed by atoms with Gasteiger partial charge < -0.3 is 19.7 Å². The van der Waals surface area contributed by atoms with Crippen LogP contribution in [0.1, 0.15) is 31.2 Å². The van der Waals surface area contributed by atoms with Crippen LogP contribution in [0.5, 0.6) is 17.2 Å². The lowest BCUT2D eigenvalue weighted by molar-refractivity contribution is -0.143. The summed E-state index contributed by atoms with van der Waals surface area (Å²) < 4.78 is 11.6. The van der Waals surface area contributed by atoms with Gasteiger partial charge in [0.1, 0.15) is 24.4 Å². The Morgan fingerprint density at radius 2 is 1.90 bits per heavy atom. The van der Waals surface area contributed by atoms with Crippen molar-refractivity contribution in [3.63, 3.8) is 0 Å². The highest BCUT2D eigenvalue weighted by atomic mass is 79.9. The maximum absolute atomic E-state index is 11.9. The van der Waals surface area contributed by atoms with E-state index in [-0.39, 0.29) is 5.75 Å². The van der Waals surface area contributed by atoms with Crippen molar-refractivity contribution in [2.75, 3.05) is 13.2 Å². The van der Waals surface area contributed by atoms with E-state index in [0.29, 0.717) is 47.6 Å². The second kappa shape index (κ2) is 4.84. The van der Waals surface area contributed by atoms with E-state index in [1.54, 1.807) is 6.07 Å². The van der Waals surface area contributed by atoms with Crippen LogP contribution >= 0.6 is 15.9 Å². The second-order valence-corrected chi connectivity index (χ2v) is 6.05. The summed E-state index contributed by atoms with van der Waals surface area (Å²) in [7, 11) is 0. The lowest BCUT2D eigenvalue weighted by atomic mass is 9.77. The number of hydrogen-bond acceptors (Lipinski definition) is 4. The van der Waals surface area contributed by atoms with E-state index in [9.17, 15) is 15.0 Å². The Bertz CT molecular complexity index is 563. The standard InChI is InChI=1S/C14H15BrO5/c15-8-7-9-12(20-6-5-19-9)10(11(8)16)14(13(17)18)3-1-2-4-14/h7,16H,1-6H2,(H,17,18). The molecular formula is C14H15BrO5. The molecule has 2 aliphatic rings. The van der Waals surface area contributed by atoms with Gasteiger partial charge in [-0.3, -0.25) is 4.79 Å². The number of carbonyl (C=O) groups is 1. The van der Waals surface area contributed by atoms with Crippen LogP contribution in [0.4, 0.5) is 0 Å². The second-order valence-electron chi connectivity index (χ2n) is 5.20. The van der Waals surface area contributed by atoms with E-state index in [0.717, 1.165) is 12.8 Å². The SMILES string of the molecule is O=C(O)C1(c2c(O)c(Br)cc3c2OCCO3)CCCC1. The number of ether oxygens (including phenoxy) is 2. The molecule has 0 atom stereocenters. The van der Waals surface area contributed by atoms with Gasteiger partial charge in [-0.2, -0.15) is 0 Å². The largest absolute Gasteiger partial charge is 0.506 e. The van der Waals surface area contributed by atoms with Crippen molar-refractivity contribution in [2.45, 2.75) is 31.1 Å². The zero-order valence-corrected chi connectivity index (χ0v) is 12.4. The molecule has 1 aromatic carbocycles. The summed E-state index contributed by atoms with van der Waals surface area (Å²) in [4.78, 5) is 11.9. The Morgan fingerprint density at radius 3 is 2.55 bits per heavy atom. The average Bonchev–Trinajstić information content (AvgIpc) is 2.90. The van der Waals surface area contributed by atoms with Gasteiger partial charge in [-0.05, 0) is 28.8 Å². The molecule has 3 rings (SSSR count). The van der Waals surface area contributed by atoms with Gasteiger partial charge in [0, 0.05) is 6.07 Å². The van der Waals surface area contributed by atoms with Gasteiger partial charge in [0.2, 0.25) is 0 Å². The third-order valence-corrected chi connectivity index (χ3v) is 4.71. The maximum atomic E-state index is 11.9. The molecule has 0 radical (unpaired) electrons. The first-order valence-corrected chi connectivity index (χ1v) is 7.40. The highest BCUT2D eigenvalue weighted by Gasteiger charge is 2.48. The van der Waals surface area contributed by atoms with Gasteiger partial charge in [-0.15, -0.1) is 0 Å². The molecule has 0 saturated heterocycles. The molecular weight excluding hydrogens is 328 g/mol. The number of halogens is 1. The number of fused-ring (bicyclic) bond motifs is 1. The smallest absolute Gasteiger partial charge is 0.314 e. The van der Waals surface area contributed by atoms with Gasteiger partial charge in [-0.25, -0.2) is 0 Å². The number of carboxylic acid groups (broad SMARTS) is 1. The highest BCUT2D eigenvalue weighted by molar-refractivity contribution is 9.10. The minimum Gasteiger partial charge on any atom is -0.506 e. The quantitative estimate of drug-likeness (QED) is 0.864. The van der Waals surface area contributed by atoms with Crippen molar-refractivity contribution in [2.24, 2.45) is 0 Å². The summed E-state index contributed by atoms with van der Waals surface area (Å²) >= 11 is 3.27. The molecule has 2 N–H and O–H groups in total. The third-order valence-electron chi connectivity index (χ3n) is 4.10. The van der Waals surface area contributed by atoms with E-state index in [1.165, 1.54) is 0 Å². The molecule has 1 saturated carbocycles. The first-order valence-electron chi connectivity index (χ1n) is 6.61. The Morgan fingerprint density at radius 1 is 1.25 bits per heavy atom. The molecule has 1 fully saturated rings. The molecule has 0 unspecified atom stereocenters. The fourth-order valence-electron chi connectivity index (χ4n) is 3.14. The minimum absolute atomic E-state index is 0.0569. The van der Waals surface area contributed by atoms with Crippen molar-refractivity contribution < 1.29 is 24.5 Å². The molecule has 1 heterocycles. The summed E-state index contributed by atoms with van der Waals surface area (Å²) in [6.07, 6.45) is 2.66. The minimum atomic E-state index is -1.08. The first-order chi connectivity index (χ1) is 9.56. The summed E-state index contributed by atoms with van der Waals surface area (Å²) in [5.41, 5.74) is -0.731. The normalized spacial score (nSPS) is 19.9. The number of phenols is 1. The molecule has 0 aromatic heterocycles. The first kappa shape index (κ1) is 13.5. The fraction of sp³-hybridized carbons (Fsp3) is 0.500. The number of hydrogen-bond donors (Lipinski definition) is 2. The number of benzene rings is 1. The van der Waals surface area contributed by atoms with Crippen LogP contribution in [0.25, 0.3) is 0 Å². The lowest BCUT2D eigenvalue weighted by Gasteiger charge is -2.30. The molecule has 1 aromatic rings. The molecule has 0 bridgehead atoms. The Labute approximate surface area is 124 Å². The van der Waals surface area contributed by atoms with Crippen molar-refractivity contribution in [1.29, 1.82) is 0 Å². The topological polar surface area (TPSA) is 76.0 Å². The van der Waals surface area contributed by atoms with E-state index < -0.39 is 11.4 Å². The number of carboxylic acids is 1. The molecule has 20 heavy (non-hydrogen) atoms. The van der Waals surface area contributed by atoms with E-state index in [1.807, 2.05) is 0 Å². The Hall–Kier alpha value is -1.43. The highest BCUT2D eigenvalue weighted by Crippen LogP contribution is 2.54. The van der Waals surface area contributed by atoms with Gasteiger partial charge in [0.15, 0.2) is 11.5 Å². The van der Waals surface area contributed by atoms with Crippen LogP contribution in [0.2, 0.25) is 0 Å². The Kier molecular flexibility index (Phi) is 3.28. The number of phenolic OH excluding ortho intramolecular Hbond substituents is 1. The molecule has 1 aliphatic heterocycles. The predicted molar refractivity (Wildman–Crippen MR) is 74.6 cm³/mol. The molecule has 6 heteroatoms. The summed E-state index contributed by atoms with van der Waals surface area (Å²) in [6.45, 7) is 0.778. The summed E-state index contributed by atoms with van der Waals surface area (Å²) in [5, 5.41) is 20.1. The van der Waals surface area contributed by atoms with Crippen molar-refractivity contribution in [3.8, 4) is 17.2 Å². The van der Waals surface area contributed by atoms with Crippen LogP contribution in [-0.2, 0) is 10.2 Å². The van der Waals surface area contributed by atoms with E-state index in [4.69, 9.17) is 9.47 Å². The third kappa shape index (κ3) is 1.85. The van der Waals surface area contributed by atoms with Gasteiger partial charge in [0.25, 0.3) is 0 Å². The van der Waals surface area contributed by atoms with Crippen LogP contribution in [0.3, 0.4) is 0 Å². The van der Waals surface area contributed by atoms with Crippen LogP contribution in [-0.4, -0.2) is 29.4 Å². The average molecular weight is 343 g/mol. The van der Waals surface area contributed by atoms with Crippen LogP contribution in [0.15, 0.2) is 10.5 Å². The maximum Gasteiger partial charge on any atom is 0.314 e. The van der Waals surface area contributed by atoms with Crippen molar-refractivity contribution >= 4 is 21.9 Å². The number of aromatic hydroxyl groups is 1. The zero-order valence-electron chi connectivity index (χ0n) is 10.8. The monoisotopic (exact) mass is 342 g/mol. The lowest BCUT2D eigenvalue weighted by Crippen LogP contribution is -2.34. The summed E-state index contributed by atoms with van der Waals surface area (Å²) in [6, 6.07) is 1.62. The van der Waals surface area contributed by atoms with Crippen LogP contribution in [0, 0.1) is 0 Å². The molecule has 0 amide bonds. The zero-order chi connectivity index (χ0) is 14.3. The molecule has 1 aliphatic carbocycles. The summed E-state index contributed by atoms with van der Waals surface area (Å²) in [5.74, 6) is -0.108. The van der Waals surface area contributed by atoms with E-state index in [2.05, 4.69) is 15.9 Å². The Balaban J connectivity index is 2.26. The van der Waals surface area contributed by atoms with Crippen LogP contribution < -0.4 is 9.47 Å². The molecule has 0 spiro atoms. The van der Waals surface area contributed by atoms with Gasteiger partial charge in [-0.1, -0.05) is 12.8 Å². The van der Waals surface area contributed by atoms with Gasteiger partial charge in [0.05, 0.1) is 10.0 Å².